The summed E-state index contributed by atoms with van der Waals surface area (Å²) in [5.41, 5.74) is 9.06. The molecule has 0 saturated carbocycles. The predicted molar refractivity (Wildman–Crippen MR) is 168 cm³/mol. The molecular weight excluding hydrogens is 543 g/mol. The van der Waals surface area contributed by atoms with E-state index in [1.54, 1.807) is 31.2 Å². The Hall–Kier alpha value is -4.04. The number of carbonyl (C=O) groups excluding carboxylic acids is 3. The van der Waals surface area contributed by atoms with E-state index in [4.69, 9.17) is 5.73 Å². The summed E-state index contributed by atoms with van der Waals surface area (Å²) in [6.07, 6.45) is 6.00. The zero-order valence-electron chi connectivity index (χ0n) is 25.1. The topological polar surface area (TPSA) is 105 Å². The average molecular weight is 587 g/mol. The van der Waals surface area contributed by atoms with Gasteiger partial charge in [-0.15, -0.1) is 0 Å². The maximum absolute atomic E-state index is 13.5. The Morgan fingerprint density at radius 1 is 1.00 bits per heavy atom. The van der Waals surface area contributed by atoms with Crippen molar-refractivity contribution in [1.82, 2.24) is 10.2 Å². The number of halogens is 1. The van der Waals surface area contributed by atoms with E-state index in [1.807, 2.05) is 35.2 Å². The smallest absolute Gasteiger partial charge is 0.254 e. The summed E-state index contributed by atoms with van der Waals surface area (Å²) in [4.78, 5) is 41.8. The molecule has 7 nitrogen and oxygen atoms in total. The second-order valence-corrected chi connectivity index (χ2v) is 11.6. The van der Waals surface area contributed by atoms with Crippen molar-refractivity contribution in [2.24, 2.45) is 11.7 Å². The number of unbranched alkanes of at least 4 members (excludes halogenated alkanes) is 1. The Bertz CT molecular complexity index is 1370. The SMILES string of the molecule is CCCC[C@H]1CCCN1C(=O)c1cccc(C(=O)N[C@@H](Cc2ccccc2)[C@@H](N)C[C@@H](C)C(=O)Nc2ccc(F)cc2)c1. The standard InChI is InChI=1S/C35H43FN4O3/c1-3-4-14-30-15-9-20-40(30)35(43)27-13-8-12-26(23-27)34(42)39-32(22-25-10-6-5-7-11-25)31(37)21-24(2)33(41)38-29-18-16-28(36)17-19-29/h5-8,10-13,16-19,23-24,30-32H,3-4,9,14-15,20-22,37H2,1-2H3,(H,38,41)(H,39,42)/t24-,30+,31+,32+/m1/s1. The molecule has 0 radical (unpaired) electrons. The predicted octanol–water partition coefficient (Wildman–Crippen LogP) is 5.95. The molecular formula is C35H43FN4O3. The Balaban J connectivity index is 1.45. The summed E-state index contributed by atoms with van der Waals surface area (Å²) >= 11 is 0. The van der Waals surface area contributed by atoms with Gasteiger partial charge in [0.05, 0.1) is 0 Å². The van der Waals surface area contributed by atoms with Crippen molar-refractivity contribution in [2.75, 3.05) is 11.9 Å². The monoisotopic (exact) mass is 586 g/mol. The highest BCUT2D eigenvalue weighted by molar-refractivity contribution is 6.00. The van der Waals surface area contributed by atoms with Gasteiger partial charge >= 0.3 is 0 Å². The molecule has 3 aromatic carbocycles. The molecule has 1 heterocycles. The van der Waals surface area contributed by atoms with Crippen LogP contribution in [0.3, 0.4) is 0 Å². The quantitative estimate of drug-likeness (QED) is 0.230. The fraction of sp³-hybridized carbons (Fsp3) is 0.400. The van der Waals surface area contributed by atoms with Gasteiger partial charge in [-0.25, -0.2) is 4.39 Å². The molecule has 0 unspecified atom stereocenters. The Morgan fingerprint density at radius 3 is 2.44 bits per heavy atom. The molecule has 8 heteroatoms. The van der Waals surface area contributed by atoms with Gasteiger partial charge in [0.1, 0.15) is 5.82 Å². The van der Waals surface area contributed by atoms with Crippen molar-refractivity contribution in [3.63, 3.8) is 0 Å². The first-order chi connectivity index (χ1) is 20.7. The number of nitrogens with two attached hydrogens (primary N) is 1. The van der Waals surface area contributed by atoms with E-state index < -0.39 is 18.0 Å². The molecule has 1 aliphatic heterocycles. The van der Waals surface area contributed by atoms with E-state index in [1.165, 1.54) is 24.3 Å². The highest BCUT2D eigenvalue weighted by Gasteiger charge is 2.30. The molecule has 0 bridgehead atoms. The van der Waals surface area contributed by atoms with Crippen LogP contribution in [0.5, 0.6) is 0 Å². The number of rotatable bonds is 13. The molecule has 4 atom stereocenters. The van der Waals surface area contributed by atoms with Crippen molar-refractivity contribution >= 4 is 23.4 Å². The van der Waals surface area contributed by atoms with E-state index in [2.05, 4.69) is 17.6 Å². The van der Waals surface area contributed by atoms with Crippen molar-refractivity contribution < 1.29 is 18.8 Å². The van der Waals surface area contributed by atoms with E-state index in [0.29, 0.717) is 29.7 Å². The number of hydrogen-bond acceptors (Lipinski definition) is 4. The van der Waals surface area contributed by atoms with Crippen LogP contribution in [-0.2, 0) is 11.2 Å². The number of likely N-dealkylation sites (tertiary alicyclic amines) is 1. The van der Waals surface area contributed by atoms with Gasteiger partial charge in [-0.05, 0) is 80.1 Å². The van der Waals surface area contributed by atoms with Gasteiger partial charge < -0.3 is 21.3 Å². The second-order valence-electron chi connectivity index (χ2n) is 11.6. The lowest BCUT2D eigenvalue weighted by Crippen LogP contribution is -2.50. The van der Waals surface area contributed by atoms with Crippen LogP contribution in [-0.4, -0.2) is 47.3 Å². The highest BCUT2D eigenvalue weighted by Crippen LogP contribution is 2.24. The maximum Gasteiger partial charge on any atom is 0.254 e. The summed E-state index contributed by atoms with van der Waals surface area (Å²) in [5, 5.41) is 5.89. The molecule has 1 fully saturated rings. The molecule has 4 N–H and O–H groups in total. The van der Waals surface area contributed by atoms with Crippen LogP contribution in [0.1, 0.15) is 78.7 Å². The van der Waals surface area contributed by atoms with Crippen molar-refractivity contribution in [2.45, 2.75) is 76.9 Å². The van der Waals surface area contributed by atoms with Crippen molar-refractivity contribution in [1.29, 1.82) is 0 Å². The zero-order chi connectivity index (χ0) is 30.8. The summed E-state index contributed by atoms with van der Waals surface area (Å²) < 4.78 is 13.3. The molecule has 0 spiro atoms. The minimum Gasteiger partial charge on any atom is -0.347 e. The van der Waals surface area contributed by atoms with Gasteiger partial charge in [0.15, 0.2) is 0 Å². The van der Waals surface area contributed by atoms with Crippen LogP contribution in [0.15, 0.2) is 78.9 Å². The summed E-state index contributed by atoms with van der Waals surface area (Å²) in [6.45, 7) is 4.68. The van der Waals surface area contributed by atoms with Crippen LogP contribution in [0.25, 0.3) is 0 Å². The number of nitrogens with one attached hydrogen (secondary N) is 2. The lowest BCUT2D eigenvalue weighted by molar-refractivity contribution is -0.119. The van der Waals surface area contributed by atoms with Gasteiger partial charge in [0, 0.05) is 47.4 Å². The Kier molecular flexibility index (Phi) is 11.4. The number of nitrogens with zero attached hydrogens (tertiary/aromatic N) is 1. The van der Waals surface area contributed by atoms with Crippen LogP contribution in [0, 0.1) is 11.7 Å². The van der Waals surface area contributed by atoms with Crippen LogP contribution < -0.4 is 16.4 Å². The van der Waals surface area contributed by atoms with Crippen molar-refractivity contribution in [3.8, 4) is 0 Å². The first-order valence-electron chi connectivity index (χ1n) is 15.3. The molecule has 0 aromatic heterocycles. The molecule has 228 valence electrons. The maximum atomic E-state index is 13.5. The second kappa shape index (κ2) is 15.4. The van der Waals surface area contributed by atoms with Gasteiger partial charge in [0.2, 0.25) is 5.91 Å². The number of benzene rings is 3. The molecule has 1 aliphatic rings. The molecule has 0 aliphatic carbocycles. The van der Waals surface area contributed by atoms with Crippen molar-refractivity contribution in [3.05, 3.63) is 101 Å². The number of amides is 3. The third-order valence-electron chi connectivity index (χ3n) is 8.22. The van der Waals surface area contributed by atoms with E-state index in [-0.39, 0.29) is 29.6 Å². The third-order valence-corrected chi connectivity index (χ3v) is 8.22. The lowest BCUT2D eigenvalue weighted by Gasteiger charge is -2.27. The van der Waals surface area contributed by atoms with Gasteiger partial charge in [0.25, 0.3) is 11.8 Å². The fourth-order valence-corrected chi connectivity index (χ4v) is 5.71. The number of hydrogen-bond donors (Lipinski definition) is 3. The van der Waals surface area contributed by atoms with Gasteiger partial charge in [-0.3, -0.25) is 14.4 Å². The van der Waals surface area contributed by atoms with Crippen LogP contribution in [0.2, 0.25) is 0 Å². The average Bonchev–Trinajstić information content (AvgIpc) is 3.49. The first kappa shape index (κ1) is 31.9. The van der Waals surface area contributed by atoms with Gasteiger partial charge in [-0.1, -0.05) is 63.1 Å². The van der Waals surface area contributed by atoms with E-state index in [9.17, 15) is 18.8 Å². The minimum absolute atomic E-state index is 0.0354. The summed E-state index contributed by atoms with van der Waals surface area (Å²) in [7, 11) is 0. The largest absolute Gasteiger partial charge is 0.347 e. The normalized spacial score (nSPS) is 16.7. The third kappa shape index (κ3) is 8.97. The highest BCUT2D eigenvalue weighted by atomic mass is 19.1. The van der Waals surface area contributed by atoms with Gasteiger partial charge in [-0.2, -0.15) is 0 Å². The summed E-state index contributed by atoms with van der Waals surface area (Å²) in [5.74, 6) is -1.44. The van der Waals surface area contributed by atoms with E-state index >= 15 is 0 Å². The molecule has 3 amide bonds. The first-order valence-corrected chi connectivity index (χ1v) is 15.3. The Morgan fingerprint density at radius 2 is 1.72 bits per heavy atom. The lowest BCUT2D eigenvalue weighted by atomic mass is 9.92. The van der Waals surface area contributed by atoms with Crippen LogP contribution >= 0.6 is 0 Å². The number of anilines is 1. The van der Waals surface area contributed by atoms with E-state index in [0.717, 1.165) is 44.2 Å². The minimum atomic E-state index is -0.535. The fourth-order valence-electron chi connectivity index (χ4n) is 5.71. The van der Waals surface area contributed by atoms with Crippen LogP contribution in [0.4, 0.5) is 10.1 Å². The molecule has 1 saturated heterocycles. The molecule has 43 heavy (non-hydrogen) atoms. The Labute approximate surface area is 254 Å². The zero-order valence-corrected chi connectivity index (χ0v) is 25.1. The molecule has 4 rings (SSSR count). The number of carbonyl (C=O) groups is 3. The molecule has 3 aromatic rings. The summed E-state index contributed by atoms with van der Waals surface area (Å²) in [6, 6.07) is 21.4.